The average Bonchev–Trinajstić information content (AvgIpc) is 2.26. The fourth-order valence-electron chi connectivity index (χ4n) is 1.69. The maximum Gasteiger partial charge on any atom is 0.236 e. The molecule has 0 aliphatic rings. The number of amides is 1. The van der Waals surface area contributed by atoms with Gasteiger partial charge in [0.25, 0.3) is 0 Å². The van der Waals surface area contributed by atoms with Crippen molar-refractivity contribution in [2.45, 2.75) is 64.1 Å². The second-order valence-corrected chi connectivity index (χ2v) is 5.73. The maximum absolute atomic E-state index is 11.9. The number of nitrogens with zero attached hydrogens (tertiary/aromatic N) is 1. The molecule has 0 aromatic rings. The number of unbranched alkanes of at least 4 members (excludes halogenated alkanes) is 4. The number of carbonyl (C=O) groups excluding carboxylic acids is 1. The zero-order valence-electron chi connectivity index (χ0n) is 11.0. The SMILES string of the molecule is CCCCCN(CCCCC)C(=O)[C@H](C)Br. The number of hydrogen-bond acceptors (Lipinski definition) is 1. The lowest BCUT2D eigenvalue weighted by molar-refractivity contribution is -0.130. The molecule has 2 nitrogen and oxygen atoms in total. The van der Waals surface area contributed by atoms with Gasteiger partial charge in [-0.2, -0.15) is 0 Å². The average molecular weight is 292 g/mol. The van der Waals surface area contributed by atoms with E-state index >= 15 is 0 Å². The number of hydrogen-bond donors (Lipinski definition) is 0. The summed E-state index contributed by atoms with van der Waals surface area (Å²) in [5.74, 6) is 0.243. The van der Waals surface area contributed by atoms with Gasteiger partial charge in [-0.25, -0.2) is 0 Å². The molecule has 0 radical (unpaired) electrons. The molecular weight excluding hydrogens is 266 g/mol. The Morgan fingerprint density at radius 2 is 1.50 bits per heavy atom. The van der Waals surface area contributed by atoms with Crippen LogP contribution in [0.3, 0.4) is 0 Å². The zero-order chi connectivity index (χ0) is 12.4. The second-order valence-electron chi connectivity index (χ2n) is 4.36. The van der Waals surface area contributed by atoms with E-state index in [4.69, 9.17) is 0 Å². The van der Waals surface area contributed by atoms with Gasteiger partial charge in [0.05, 0.1) is 4.83 Å². The van der Waals surface area contributed by atoms with Crippen molar-refractivity contribution in [2.75, 3.05) is 13.1 Å². The molecule has 1 atom stereocenters. The summed E-state index contributed by atoms with van der Waals surface area (Å²) < 4.78 is 0. The molecule has 0 heterocycles. The van der Waals surface area contributed by atoms with Gasteiger partial charge in [0, 0.05) is 13.1 Å². The molecule has 0 saturated carbocycles. The summed E-state index contributed by atoms with van der Waals surface area (Å²) in [5.41, 5.74) is 0. The summed E-state index contributed by atoms with van der Waals surface area (Å²) in [6, 6.07) is 0. The van der Waals surface area contributed by atoms with Crippen LogP contribution in [0, 0.1) is 0 Å². The molecule has 0 N–H and O–H groups in total. The summed E-state index contributed by atoms with van der Waals surface area (Å²) in [7, 11) is 0. The number of carbonyl (C=O) groups is 1. The van der Waals surface area contributed by atoms with Crippen LogP contribution in [0.4, 0.5) is 0 Å². The van der Waals surface area contributed by atoms with Crippen molar-refractivity contribution in [3.63, 3.8) is 0 Å². The Bertz CT molecular complexity index is 173. The van der Waals surface area contributed by atoms with Crippen molar-refractivity contribution in [3.05, 3.63) is 0 Å². The monoisotopic (exact) mass is 291 g/mol. The zero-order valence-corrected chi connectivity index (χ0v) is 12.6. The highest BCUT2D eigenvalue weighted by Crippen LogP contribution is 2.08. The molecule has 0 unspecified atom stereocenters. The number of alkyl halides is 1. The first kappa shape index (κ1) is 16.0. The van der Waals surface area contributed by atoms with Crippen molar-refractivity contribution >= 4 is 21.8 Å². The summed E-state index contributed by atoms with van der Waals surface area (Å²) in [6.45, 7) is 8.14. The molecule has 3 heteroatoms. The number of halogens is 1. The van der Waals surface area contributed by atoms with Gasteiger partial charge in [-0.15, -0.1) is 0 Å². The standard InChI is InChI=1S/C13H26BrNO/c1-4-6-8-10-15(11-9-7-5-2)13(16)12(3)14/h12H,4-11H2,1-3H3/t12-/m0/s1. The fourth-order valence-corrected chi connectivity index (χ4v) is 1.98. The Hall–Kier alpha value is -0.0500. The van der Waals surface area contributed by atoms with E-state index in [9.17, 15) is 4.79 Å². The van der Waals surface area contributed by atoms with E-state index in [-0.39, 0.29) is 10.7 Å². The highest BCUT2D eigenvalue weighted by atomic mass is 79.9. The van der Waals surface area contributed by atoms with Gasteiger partial charge in [-0.05, 0) is 19.8 Å². The first-order valence-electron chi connectivity index (χ1n) is 6.56. The molecular formula is C13H26BrNO. The van der Waals surface area contributed by atoms with Crippen molar-refractivity contribution < 1.29 is 4.79 Å². The van der Waals surface area contributed by atoms with Gasteiger partial charge in [0.1, 0.15) is 0 Å². The smallest absolute Gasteiger partial charge is 0.236 e. The summed E-state index contributed by atoms with van der Waals surface area (Å²) >= 11 is 3.37. The minimum Gasteiger partial charge on any atom is -0.342 e. The summed E-state index contributed by atoms with van der Waals surface area (Å²) in [4.78, 5) is 13.9. The molecule has 1 amide bonds. The normalized spacial score (nSPS) is 12.5. The number of rotatable bonds is 9. The van der Waals surface area contributed by atoms with E-state index in [0.717, 1.165) is 25.9 Å². The maximum atomic E-state index is 11.9. The van der Waals surface area contributed by atoms with Crippen molar-refractivity contribution in [1.82, 2.24) is 4.90 Å². The second kappa shape index (κ2) is 10.1. The Labute approximate surface area is 109 Å². The molecule has 0 spiro atoms. The van der Waals surface area contributed by atoms with E-state index < -0.39 is 0 Å². The lowest BCUT2D eigenvalue weighted by Crippen LogP contribution is -2.37. The summed E-state index contributed by atoms with van der Waals surface area (Å²) in [5, 5.41) is 0. The van der Waals surface area contributed by atoms with E-state index in [0.29, 0.717) is 0 Å². The van der Waals surface area contributed by atoms with Crippen molar-refractivity contribution in [2.24, 2.45) is 0 Å². The van der Waals surface area contributed by atoms with Crippen LogP contribution in [0.5, 0.6) is 0 Å². The first-order valence-corrected chi connectivity index (χ1v) is 7.47. The van der Waals surface area contributed by atoms with Crippen molar-refractivity contribution in [3.8, 4) is 0 Å². The predicted octanol–water partition coefficient (Wildman–Crippen LogP) is 3.98. The molecule has 0 aliphatic heterocycles. The van der Waals surface area contributed by atoms with Gasteiger partial charge in [0.15, 0.2) is 0 Å². The largest absolute Gasteiger partial charge is 0.342 e. The van der Waals surface area contributed by atoms with Crippen LogP contribution in [0.25, 0.3) is 0 Å². The minimum absolute atomic E-state index is 0.0456. The van der Waals surface area contributed by atoms with Crippen LogP contribution >= 0.6 is 15.9 Å². The third-order valence-corrected chi connectivity index (χ3v) is 3.11. The third kappa shape index (κ3) is 7.26. The highest BCUT2D eigenvalue weighted by Gasteiger charge is 2.16. The topological polar surface area (TPSA) is 20.3 Å². The van der Waals surface area contributed by atoms with Crippen LogP contribution in [0.15, 0.2) is 0 Å². The highest BCUT2D eigenvalue weighted by molar-refractivity contribution is 9.10. The first-order chi connectivity index (χ1) is 7.63. The molecule has 0 rings (SSSR count). The Kier molecular flexibility index (Phi) is 10.1. The van der Waals surface area contributed by atoms with E-state index in [2.05, 4.69) is 29.8 Å². The van der Waals surface area contributed by atoms with Crippen LogP contribution < -0.4 is 0 Å². The fraction of sp³-hybridized carbons (Fsp3) is 0.923. The van der Waals surface area contributed by atoms with E-state index in [1.807, 2.05) is 11.8 Å². The van der Waals surface area contributed by atoms with Gasteiger partial charge in [0.2, 0.25) is 5.91 Å². The van der Waals surface area contributed by atoms with E-state index in [1.54, 1.807) is 0 Å². The van der Waals surface area contributed by atoms with E-state index in [1.165, 1.54) is 25.7 Å². The van der Waals surface area contributed by atoms with Gasteiger partial charge in [-0.1, -0.05) is 55.5 Å². The van der Waals surface area contributed by atoms with Gasteiger partial charge >= 0.3 is 0 Å². The molecule has 0 aromatic heterocycles. The minimum atomic E-state index is -0.0456. The quantitative estimate of drug-likeness (QED) is 0.465. The van der Waals surface area contributed by atoms with Crippen LogP contribution in [0.1, 0.15) is 59.3 Å². The predicted molar refractivity (Wildman–Crippen MR) is 74.0 cm³/mol. The molecule has 0 aromatic carbocycles. The molecule has 0 bridgehead atoms. The third-order valence-electron chi connectivity index (χ3n) is 2.72. The van der Waals surface area contributed by atoms with Gasteiger partial charge < -0.3 is 4.90 Å². The van der Waals surface area contributed by atoms with Gasteiger partial charge in [-0.3, -0.25) is 4.79 Å². The Morgan fingerprint density at radius 3 is 1.81 bits per heavy atom. The van der Waals surface area contributed by atoms with Crippen LogP contribution in [0.2, 0.25) is 0 Å². The van der Waals surface area contributed by atoms with Crippen LogP contribution in [-0.2, 0) is 4.79 Å². The molecule has 0 saturated heterocycles. The summed E-state index contributed by atoms with van der Waals surface area (Å²) in [6.07, 6.45) is 7.12. The molecule has 0 aliphatic carbocycles. The molecule has 16 heavy (non-hydrogen) atoms. The lowest BCUT2D eigenvalue weighted by atomic mass is 10.2. The van der Waals surface area contributed by atoms with Crippen LogP contribution in [-0.4, -0.2) is 28.7 Å². The Balaban J connectivity index is 4.00. The van der Waals surface area contributed by atoms with Crippen molar-refractivity contribution in [1.29, 1.82) is 0 Å². The lowest BCUT2D eigenvalue weighted by Gasteiger charge is -2.24. The Morgan fingerprint density at radius 1 is 1.06 bits per heavy atom. The molecule has 0 fully saturated rings. The molecule has 96 valence electrons.